The second kappa shape index (κ2) is 6.09. The van der Waals surface area contributed by atoms with Crippen LogP contribution in [0.25, 0.3) is 0 Å². The molecule has 1 atom stereocenters. The van der Waals surface area contributed by atoms with E-state index in [-0.39, 0.29) is 6.10 Å². The molecule has 0 fully saturated rings. The second-order valence-corrected chi connectivity index (χ2v) is 2.50. The van der Waals surface area contributed by atoms with Crippen LogP contribution >= 0.6 is 0 Å². The summed E-state index contributed by atoms with van der Waals surface area (Å²) in [4.78, 5) is 0. The molecule has 55 valence electrons. The highest BCUT2D eigenvalue weighted by molar-refractivity contribution is 4.55. The van der Waals surface area contributed by atoms with Gasteiger partial charge in [0, 0.05) is 0 Å². The normalized spacial score (nSPS) is 13.7. The summed E-state index contributed by atoms with van der Waals surface area (Å²) in [6.45, 7) is 5.67. The lowest BCUT2D eigenvalue weighted by Crippen LogP contribution is -1.98. The van der Waals surface area contributed by atoms with E-state index in [0.717, 1.165) is 12.8 Å². The third kappa shape index (κ3) is 7.96. The molecule has 9 heavy (non-hydrogen) atoms. The maximum atomic E-state index is 8.74. The molecule has 0 aromatic carbocycles. The lowest BCUT2D eigenvalue weighted by molar-refractivity contribution is 0.205. The Morgan fingerprint density at radius 1 is 1.33 bits per heavy atom. The van der Waals surface area contributed by atoms with Crippen molar-refractivity contribution < 1.29 is 5.11 Å². The minimum absolute atomic E-state index is 0.346. The second-order valence-electron chi connectivity index (χ2n) is 2.50. The van der Waals surface area contributed by atoms with Gasteiger partial charge in [-0.3, -0.25) is 0 Å². The summed E-state index contributed by atoms with van der Waals surface area (Å²) < 4.78 is 0. The molecule has 0 rings (SSSR count). The summed E-state index contributed by atoms with van der Waals surface area (Å²) in [6, 6.07) is 0. The van der Waals surface area contributed by atoms with E-state index >= 15 is 0 Å². The van der Waals surface area contributed by atoms with E-state index in [0.29, 0.717) is 0 Å². The van der Waals surface area contributed by atoms with Gasteiger partial charge in [-0.2, -0.15) is 0 Å². The highest BCUT2D eigenvalue weighted by atomic mass is 16.3. The van der Waals surface area contributed by atoms with Gasteiger partial charge in [-0.25, -0.2) is 0 Å². The van der Waals surface area contributed by atoms with Gasteiger partial charge in [0.1, 0.15) is 0 Å². The third-order valence-electron chi connectivity index (χ3n) is 1.39. The largest absolute Gasteiger partial charge is 0.393 e. The van der Waals surface area contributed by atoms with Crippen molar-refractivity contribution in [2.75, 3.05) is 0 Å². The Morgan fingerprint density at radius 3 is 2.44 bits per heavy atom. The minimum atomic E-state index is -0.346. The molecule has 1 unspecified atom stereocenters. The molecular formula is C8H17O. The van der Waals surface area contributed by atoms with Gasteiger partial charge in [-0.05, 0) is 13.3 Å². The lowest BCUT2D eigenvalue weighted by Gasteiger charge is -2.01. The molecule has 1 heteroatoms. The summed E-state index contributed by atoms with van der Waals surface area (Å²) in [7, 11) is 0. The SMILES string of the molecule is [CH2]C(O)CCCCCC. The maximum Gasteiger partial charge on any atom is 0.0541 e. The molecule has 0 saturated carbocycles. The molecule has 0 aromatic rings. The van der Waals surface area contributed by atoms with Crippen molar-refractivity contribution in [3.8, 4) is 0 Å². The molecule has 0 spiro atoms. The van der Waals surface area contributed by atoms with Crippen molar-refractivity contribution in [2.45, 2.75) is 45.1 Å². The first-order valence-electron chi connectivity index (χ1n) is 3.78. The van der Waals surface area contributed by atoms with Gasteiger partial charge >= 0.3 is 0 Å². The van der Waals surface area contributed by atoms with Crippen LogP contribution in [0.15, 0.2) is 0 Å². The van der Waals surface area contributed by atoms with Crippen LogP contribution in [0.2, 0.25) is 0 Å². The van der Waals surface area contributed by atoms with E-state index in [1.54, 1.807) is 0 Å². The Hall–Kier alpha value is -0.0400. The molecule has 0 aliphatic rings. The van der Waals surface area contributed by atoms with Crippen LogP contribution < -0.4 is 0 Å². The number of aliphatic hydroxyl groups is 1. The van der Waals surface area contributed by atoms with Crippen LogP contribution in [0.4, 0.5) is 0 Å². The van der Waals surface area contributed by atoms with E-state index in [1.807, 2.05) is 0 Å². The minimum Gasteiger partial charge on any atom is -0.393 e. The Morgan fingerprint density at radius 2 is 2.00 bits per heavy atom. The van der Waals surface area contributed by atoms with E-state index in [2.05, 4.69) is 13.8 Å². The Balaban J connectivity index is 2.75. The van der Waals surface area contributed by atoms with Crippen LogP contribution in [0.5, 0.6) is 0 Å². The number of hydrogen-bond donors (Lipinski definition) is 1. The molecule has 1 N–H and O–H groups in total. The summed E-state index contributed by atoms with van der Waals surface area (Å²) in [5.41, 5.74) is 0. The predicted octanol–water partition coefficient (Wildman–Crippen LogP) is 2.15. The molecule has 0 bridgehead atoms. The number of unbranched alkanes of at least 4 members (excludes halogenated alkanes) is 3. The van der Waals surface area contributed by atoms with Crippen LogP contribution in [-0.4, -0.2) is 11.2 Å². The molecular weight excluding hydrogens is 112 g/mol. The zero-order valence-corrected chi connectivity index (χ0v) is 6.27. The highest BCUT2D eigenvalue weighted by Crippen LogP contribution is 2.03. The number of aliphatic hydroxyl groups excluding tert-OH is 1. The Kier molecular flexibility index (Phi) is 6.06. The molecule has 0 aromatic heterocycles. The predicted molar refractivity (Wildman–Crippen MR) is 40.1 cm³/mol. The van der Waals surface area contributed by atoms with Gasteiger partial charge < -0.3 is 5.11 Å². The average Bonchev–Trinajstić information content (AvgIpc) is 1.80. The fraction of sp³-hybridized carbons (Fsp3) is 0.875. The zero-order valence-electron chi connectivity index (χ0n) is 6.27. The summed E-state index contributed by atoms with van der Waals surface area (Å²) >= 11 is 0. The fourth-order valence-electron chi connectivity index (χ4n) is 0.807. The maximum absolute atomic E-state index is 8.74. The molecule has 1 nitrogen and oxygen atoms in total. The molecule has 0 aliphatic carbocycles. The molecule has 1 radical (unpaired) electrons. The molecule has 0 heterocycles. The zero-order chi connectivity index (χ0) is 7.11. The van der Waals surface area contributed by atoms with Crippen molar-refractivity contribution >= 4 is 0 Å². The Bertz CT molecular complexity index is 50.5. The smallest absolute Gasteiger partial charge is 0.0541 e. The van der Waals surface area contributed by atoms with Gasteiger partial charge in [-0.15, -0.1) is 0 Å². The third-order valence-corrected chi connectivity index (χ3v) is 1.39. The van der Waals surface area contributed by atoms with Crippen LogP contribution in [-0.2, 0) is 0 Å². The number of hydrogen-bond acceptors (Lipinski definition) is 1. The summed E-state index contributed by atoms with van der Waals surface area (Å²) in [6.07, 6.45) is 5.42. The van der Waals surface area contributed by atoms with E-state index in [4.69, 9.17) is 5.11 Å². The van der Waals surface area contributed by atoms with Gasteiger partial charge in [-0.1, -0.05) is 32.6 Å². The number of rotatable bonds is 5. The monoisotopic (exact) mass is 129 g/mol. The highest BCUT2D eigenvalue weighted by Gasteiger charge is 1.93. The van der Waals surface area contributed by atoms with Crippen LogP contribution in [0.1, 0.15) is 39.0 Å². The van der Waals surface area contributed by atoms with Gasteiger partial charge in [0.05, 0.1) is 6.10 Å². The first-order chi connectivity index (χ1) is 4.27. The van der Waals surface area contributed by atoms with Crippen molar-refractivity contribution in [1.29, 1.82) is 0 Å². The van der Waals surface area contributed by atoms with Crippen molar-refractivity contribution in [1.82, 2.24) is 0 Å². The standard InChI is InChI=1S/C8H17O/c1-3-4-5-6-7-8(2)9/h8-9H,2-7H2,1H3. The van der Waals surface area contributed by atoms with Crippen LogP contribution in [0, 0.1) is 6.92 Å². The average molecular weight is 129 g/mol. The van der Waals surface area contributed by atoms with Gasteiger partial charge in [0.15, 0.2) is 0 Å². The van der Waals surface area contributed by atoms with Crippen molar-refractivity contribution in [3.05, 3.63) is 6.92 Å². The van der Waals surface area contributed by atoms with Crippen LogP contribution in [0.3, 0.4) is 0 Å². The fourth-order valence-corrected chi connectivity index (χ4v) is 0.807. The quantitative estimate of drug-likeness (QED) is 0.564. The van der Waals surface area contributed by atoms with E-state index in [1.165, 1.54) is 19.3 Å². The molecule has 0 saturated heterocycles. The first kappa shape index (κ1) is 8.96. The summed E-state index contributed by atoms with van der Waals surface area (Å²) in [5, 5.41) is 8.74. The lowest BCUT2D eigenvalue weighted by atomic mass is 10.1. The van der Waals surface area contributed by atoms with Gasteiger partial charge in [0.25, 0.3) is 0 Å². The molecule has 0 amide bonds. The van der Waals surface area contributed by atoms with Crippen molar-refractivity contribution in [3.63, 3.8) is 0 Å². The Labute approximate surface area is 58.1 Å². The first-order valence-corrected chi connectivity index (χ1v) is 3.78. The van der Waals surface area contributed by atoms with E-state index in [9.17, 15) is 0 Å². The topological polar surface area (TPSA) is 20.2 Å². The van der Waals surface area contributed by atoms with Gasteiger partial charge in [0.2, 0.25) is 0 Å². The van der Waals surface area contributed by atoms with Crippen molar-refractivity contribution in [2.24, 2.45) is 0 Å². The van der Waals surface area contributed by atoms with E-state index < -0.39 is 0 Å². The summed E-state index contributed by atoms with van der Waals surface area (Å²) in [5.74, 6) is 0. The molecule has 0 aliphatic heterocycles.